The number of benzene rings is 1. The van der Waals surface area contributed by atoms with Crippen LogP contribution in [0.2, 0.25) is 25.7 Å². The van der Waals surface area contributed by atoms with Crippen molar-refractivity contribution in [3.63, 3.8) is 0 Å². The molecule has 8 nitrogen and oxygen atoms in total. The minimum atomic E-state index is -3.85. The molecule has 1 N–H and O–H groups in total. The molecule has 0 fully saturated rings. The van der Waals surface area contributed by atoms with Gasteiger partial charge in [0.1, 0.15) is 6.73 Å². The van der Waals surface area contributed by atoms with Gasteiger partial charge in [-0.05, 0) is 52.9 Å². The van der Waals surface area contributed by atoms with Crippen molar-refractivity contribution < 1.29 is 23.1 Å². The Balaban J connectivity index is 1.80. The second-order valence-electron chi connectivity index (χ2n) is 9.35. The van der Waals surface area contributed by atoms with Gasteiger partial charge in [0, 0.05) is 44.2 Å². The SMILES string of the molecule is C[Si](C)(C)CCOCn1cc(C(=O)O)c(I)c1-c1ccnc2c1ccn2S(=O)(=O)c1ccccc1. The third kappa shape index (κ3) is 5.22. The minimum absolute atomic E-state index is 0.159. The lowest BCUT2D eigenvalue weighted by molar-refractivity contribution is 0.0693. The number of halogens is 1. The van der Waals surface area contributed by atoms with Gasteiger partial charge in [0.25, 0.3) is 10.0 Å². The number of hydrogen-bond donors (Lipinski definition) is 1. The monoisotopic (exact) mass is 623 g/mol. The van der Waals surface area contributed by atoms with Crippen LogP contribution < -0.4 is 0 Å². The molecule has 0 spiro atoms. The van der Waals surface area contributed by atoms with Crippen LogP contribution in [-0.2, 0) is 21.5 Å². The molecule has 3 aromatic heterocycles. The standard InChI is InChI=1S/C24H26IN3O5SSi/c1-35(2,3)14-13-33-16-27-15-20(24(29)30)21(25)22(27)18-9-11-26-23-19(18)10-12-28(23)34(31,32)17-7-5-4-6-8-17/h4-12,15H,13-14,16H2,1-3H3,(H,29,30). The van der Waals surface area contributed by atoms with E-state index in [0.717, 1.165) is 10.0 Å². The normalized spacial score (nSPS) is 12.3. The summed E-state index contributed by atoms with van der Waals surface area (Å²) in [4.78, 5) is 16.4. The van der Waals surface area contributed by atoms with Crippen molar-refractivity contribution in [1.82, 2.24) is 13.5 Å². The number of carboxylic acids is 1. The maximum absolute atomic E-state index is 13.3. The summed E-state index contributed by atoms with van der Waals surface area (Å²) in [5.41, 5.74) is 1.77. The molecule has 0 radical (unpaired) electrons. The Labute approximate surface area is 218 Å². The predicted octanol–water partition coefficient (Wildman–Crippen LogP) is 5.36. The van der Waals surface area contributed by atoms with E-state index in [1.165, 1.54) is 24.5 Å². The first-order valence-corrected chi connectivity index (χ1v) is 17.2. The Morgan fingerprint density at radius 2 is 1.86 bits per heavy atom. The lowest BCUT2D eigenvalue weighted by Crippen LogP contribution is -2.22. The van der Waals surface area contributed by atoms with Gasteiger partial charge in [-0.25, -0.2) is 22.2 Å². The number of nitrogens with zero attached hydrogens (tertiary/aromatic N) is 3. The van der Waals surface area contributed by atoms with Crippen LogP contribution in [0.25, 0.3) is 22.3 Å². The number of fused-ring (bicyclic) bond motifs is 1. The van der Waals surface area contributed by atoms with E-state index in [-0.39, 0.29) is 22.8 Å². The summed E-state index contributed by atoms with van der Waals surface area (Å²) in [6.07, 6.45) is 4.58. The molecule has 0 aliphatic rings. The second-order valence-corrected chi connectivity index (χ2v) is 17.9. The molecule has 3 heterocycles. The van der Waals surface area contributed by atoms with E-state index in [2.05, 4.69) is 24.6 Å². The molecule has 0 atom stereocenters. The Hall–Kier alpha value is -2.48. The summed E-state index contributed by atoms with van der Waals surface area (Å²) < 4.78 is 35.9. The molecule has 11 heteroatoms. The fraction of sp³-hybridized carbons (Fsp3) is 0.250. The van der Waals surface area contributed by atoms with Crippen LogP contribution in [0.1, 0.15) is 10.4 Å². The molecular weight excluding hydrogens is 597 g/mol. The first kappa shape index (κ1) is 25.6. The van der Waals surface area contributed by atoms with Crippen molar-refractivity contribution in [3.8, 4) is 11.3 Å². The Morgan fingerprint density at radius 3 is 2.51 bits per heavy atom. The number of aromatic carboxylic acids is 1. The van der Waals surface area contributed by atoms with E-state index in [1.54, 1.807) is 41.1 Å². The van der Waals surface area contributed by atoms with Crippen LogP contribution >= 0.6 is 22.6 Å². The van der Waals surface area contributed by atoms with E-state index in [9.17, 15) is 18.3 Å². The van der Waals surface area contributed by atoms with Gasteiger partial charge in [-0.3, -0.25) is 0 Å². The van der Waals surface area contributed by atoms with Crippen molar-refractivity contribution >= 4 is 57.7 Å². The summed E-state index contributed by atoms with van der Waals surface area (Å²) in [5, 5.41) is 10.3. The van der Waals surface area contributed by atoms with Crippen molar-refractivity contribution in [2.75, 3.05) is 6.61 Å². The van der Waals surface area contributed by atoms with Crippen molar-refractivity contribution in [3.05, 3.63) is 70.2 Å². The number of carboxylic acid groups (broad SMARTS) is 1. The fourth-order valence-electron chi connectivity index (χ4n) is 3.72. The molecule has 0 aliphatic heterocycles. The van der Waals surface area contributed by atoms with Crippen molar-refractivity contribution in [1.29, 1.82) is 0 Å². The number of ether oxygens (including phenoxy) is 1. The summed E-state index contributed by atoms with van der Waals surface area (Å²) in [6.45, 7) is 7.58. The highest BCUT2D eigenvalue weighted by Crippen LogP contribution is 2.35. The highest BCUT2D eigenvalue weighted by atomic mass is 127. The highest BCUT2D eigenvalue weighted by Gasteiger charge is 2.25. The van der Waals surface area contributed by atoms with Gasteiger partial charge in [0.05, 0.1) is 19.7 Å². The molecule has 0 saturated carbocycles. The van der Waals surface area contributed by atoms with Gasteiger partial charge in [-0.1, -0.05) is 37.8 Å². The van der Waals surface area contributed by atoms with E-state index in [4.69, 9.17) is 4.74 Å². The molecule has 0 aliphatic carbocycles. The van der Waals surface area contributed by atoms with Gasteiger partial charge < -0.3 is 14.4 Å². The average Bonchev–Trinajstić information content (AvgIpc) is 3.38. The van der Waals surface area contributed by atoms with Crippen molar-refractivity contribution in [2.45, 2.75) is 37.3 Å². The minimum Gasteiger partial charge on any atom is -0.478 e. The van der Waals surface area contributed by atoms with Crippen LogP contribution in [-0.4, -0.2) is 47.7 Å². The van der Waals surface area contributed by atoms with E-state index in [0.29, 0.717) is 26.8 Å². The van der Waals surface area contributed by atoms with Gasteiger partial charge in [0.15, 0.2) is 5.65 Å². The fourth-order valence-corrected chi connectivity index (χ4v) is 6.77. The second kappa shape index (κ2) is 9.88. The van der Waals surface area contributed by atoms with Gasteiger partial charge in [-0.2, -0.15) is 0 Å². The number of carbonyl (C=O) groups is 1. The molecule has 184 valence electrons. The van der Waals surface area contributed by atoms with E-state index in [1.807, 2.05) is 22.6 Å². The Morgan fingerprint density at radius 1 is 1.14 bits per heavy atom. The number of pyridine rings is 1. The quantitative estimate of drug-likeness (QED) is 0.153. The first-order valence-electron chi connectivity index (χ1n) is 11.0. The maximum Gasteiger partial charge on any atom is 0.338 e. The first-order chi connectivity index (χ1) is 16.5. The zero-order chi connectivity index (χ0) is 25.4. The van der Waals surface area contributed by atoms with Gasteiger partial charge in [0.2, 0.25) is 0 Å². The molecular formula is C24H26IN3O5SSi. The zero-order valence-electron chi connectivity index (χ0n) is 19.6. The third-order valence-electron chi connectivity index (χ3n) is 5.58. The molecule has 0 amide bonds. The molecule has 1 aromatic carbocycles. The summed E-state index contributed by atoms with van der Waals surface area (Å²) in [7, 11) is -5.12. The number of rotatable bonds is 9. The highest BCUT2D eigenvalue weighted by molar-refractivity contribution is 14.1. The van der Waals surface area contributed by atoms with Crippen LogP contribution in [0.4, 0.5) is 0 Å². The number of aromatic nitrogens is 3. The van der Waals surface area contributed by atoms with Crippen LogP contribution in [0, 0.1) is 3.57 Å². The largest absolute Gasteiger partial charge is 0.478 e. The lowest BCUT2D eigenvalue weighted by atomic mass is 10.1. The van der Waals surface area contributed by atoms with E-state index >= 15 is 0 Å². The topological polar surface area (TPSA) is 103 Å². The zero-order valence-corrected chi connectivity index (χ0v) is 23.6. The van der Waals surface area contributed by atoms with E-state index < -0.39 is 24.1 Å². The van der Waals surface area contributed by atoms with Crippen molar-refractivity contribution in [2.24, 2.45) is 0 Å². The Bertz CT molecular complexity index is 1490. The molecule has 35 heavy (non-hydrogen) atoms. The van der Waals surface area contributed by atoms with Gasteiger partial charge >= 0.3 is 5.97 Å². The maximum atomic E-state index is 13.3. The van der Waals surface area contributed by atoms with Crippen LogP contribution in [0.15, 0.2) is 66.0 Å². The van der Waals surface area contributed by atoms with Crippen LogP contribution in [0.3, 0.4) is 0 Å². The Kier molecular flexibility index (Phi) is 7.22. The lowest BCUT2D eigenvalue weighted by Gasteiger charge is -2.16. The average molecular weight is 624 g/mol. The summed E-state index contributed by atoms with van der Waals surface area (Å²) in [5.74, 6) is -1.04. The molecule has 0 bridgehead atoms. The third-order valence-corrected chi connectivity index (χ3v) is 10.1. The smallest absolute Gasteiger partial charge is 0.338 e. The molecule has 0 saturated heterocycles. The van der Waals surface area contributed by atoms with Crippen LogP contribution in [0.5, 0.6) is 0 Å². The van der Waals surface area contributed by atoms with Gasteiger partial charge in [-0.15, -0.1) is 0 Å². The molecule has 4 aromatic rings. The summed E-state index contributed by atoms with van der Waals surface area (Å²) >= 11 is 2.02. The molecule has 0 unspecified atom stereocenters. The molecule has 4 rings (SSSR count). The summed E-state index contributed by atoms with van der Waals surface area (Å²) in [6, 6.07) is 12.6. The predicted molar refractivity (Wildman–Crippen MR) is 146 cm³/mol. The number of hydrogen-bond acceptors (Lipinski definition) is 5.